The van der Waals surface area contributed by atoms with Crippen LogP contribution in [0.25, 0.3) is 22.2 Å². The van der Waals surface area contributed by atoms with Crippen molar-refractivity contribution in [2.24, 2.45) is 0 Å². The minimum Gasteiger partial charge on any atom is -0.303 e. The van der Waals surface area contributed by atoms with Crippen molar-refractivity contribution in [2.75, 3.05) is 19.6 Å². The molecule has 3 aromatic rings. The molecule has 3 nitrogen and oxygen atoms in total. The van der Waals surface area contributed by atoms with Crippen molar-refractivity contribution >= 4 is 34.3 Å². The van der Waals surface area contributed by atoms with E-state index in [4.69, 9.17) is 16.7 Å². The highest BCUT2D eigenvalue weighted by Crippen LogP contribution is 2.49. The highest BCUT2D eigenvalue weighted by atomic mass is 35.5. The number of nitrogens with zero attached hydrogens (tertiary/aromatic N) is 3. The zero-order valence-corrected chi connectivity index (χ0v) is 17.2. The van der Waals surface area contributed by atoms with E-state index < -0.39 is 0 Å². The first-order valence-electron chi connectivity index (χ1n) is 9.91. The molecule has 0 amide bonds. The number of hydrogen-bond donors (Lipinski definition) is 0. The van der Waals surface area contributed by atoms with Gasteiger partial charge in [0, 0.05) is 32.3 Å². The molecule has 0 unspecified atom stereocenters. The number of aryl methyl sites for hydroxylation is 2. The maximum atomic E-state index is 6.25. The molecular weight excluding hydrogens is 374 g/mol. The molecule has 2 aromatic carbocycles. The number of aromatic nitrogens is 2. The van der Waals surface area contributed by atoms with Gasteiger partial charge in [0.1, 0.15) is 5.69 Å². The van der Waals surface area contributed by atoms with Crippen LogP contribution in [0.3, 0.4) is 0 Å². The molecule has 5 heteroatoms. The Bertz CT molecular complexity index is 1000. The van der Waals surface area contributed by atoms with Gasteiger partial charge >= 0.3 is 0 Å². The van der Waals surface area contributed by atoms with Gasteiger partial charge in [0.2, 0.25) is 0 Å². The molecule has 0 N–H and O–H groups in total. The Balaban J connectivity index is 1.49. The SMILES string of the molecule is Cc1ccc2c3c(nn2CCCN2CCCCC2)-c2ccc(Cl)cc2Sc13. The second-order valence-electron chi connectivity index (χ2n) is 7.68. The van der Waals surface area contributed by atoms with Gasteiger partial charge in [-0.05, 0) is 69.6 Å². The van der Waals surface area contributed by atoms with Gasteiger partial charge in [0.25, 0.3) is 0 Å². The number of likely N-dealkylation sites (tertiary alicyclic amines) is 1. The monoisotopic (exact) mass is 397 g/mol. The average Bonchev–Trinajstić information content (AvgIpc) is 3.04. The van der Waals surface area contributed by atoms with Crippen LogP contribution in [0.2, 0.25) is 5.02 Å². The second kappa shape index (κ2) is 7.16. The normalized spacial score (nSPS) is 16.7. The number of rotatable bonds is 4. The van der Waals surface area contributed by atoms with Crippen LogP contribution in [0.4, 0.5) is 0 Å². The maximum absolute atomic E-state index is 6.25. The minimum absolute atomic E-state index is 0.787. The fraction of sp³-hybridized carbons (Fsp3) is 0.409. The Kier molecular flexibility index (Phi) is 4.66. The fourth-order valence-electron chi connectivity index (χ4n) is 4.35. The van der Waals surface area contributed by atoms with Crippen LogP contribution in [0.1, 0.15) is 31.2 Å². The highest BCUT2D eigenvalue weighted by Gasteiger charge is 2.25. The first-order chi connectivity index (χ1) is 13.2. The van der Waals surface area contributed by atoms with E-state index in [0.29, 0.717) is 0 Å². The van der Waals surface area contributed by atoms with E-state index in [1.165, 1.54) is 70.7 Å². The summed E-state index contributed by atoms with van der Waals surface area (Å²) in [6, 6.07) is 10.6. The molecule has 0 radical (unpaired) electrons. The summed E-state index contributed by atoms with van der Waals surface area (Å²) in [6.45, 7) is 6.87. The van der Waals surface area contributed by atoms with E-state index in [9.17, 15) is 0 Å². The molecular formula is C22H24ClN3S. The summed E-state index contributed by atoms with van der Waals surface area (Å²) in [7, 11) is 0. The zero-order valence-electron chi connectivity index (χ0n) is 15.7. The fourth-order valence-corrected chi connectivity index (χ4v) is 5.80. The van der Waals surface area contributed by atoms with Crippen molar-refractivity contribution < 1.29 is 0 Å². The lowest BCUT2D eigenvalue weighted by molar-refractivity contribution is 0.222. The van der Waals surface area contributed by atoms with Gasteiger partial charge in [-0.15, -0.1) is 0 Å². The van der Waals surface area contributed by atoms with Crippen molar-refractivity contribution in [1.29, 1.82) is 0 Å². The number of piperidine rings is 1. The number of fused-ring (bicyclic) bond motifs is 2. The Hall–Kier alpha value is -1.49. The molecule has 1 saturated heterocycles. The number of hydrogen-bond acceptors (Lipinski definition) is 3. The lowest BCUT2D eigenvalue weighted by atomic mass is 10.1. The van der Waals surface area contributed by atoms with E-state index in [0.717, 1.165) is 23.7 Å². The van der Waals surface area contributed by atoms with Gasteiger partial charge in [-0.3, -0.25) is 4.68 Å². The topological polar surface area (TPSA) is 21.1 Å². The molecule has 2 aliphatic heterocycles. The Labute approximate surface area is 169 Å². The molecule has 0 saturated carbocycles. The van der Waals surface area contributed by atoms with Crippen molar-refractivity contribution in [3.8, 4) is 11.3 Å². The largest absolute Gasteiger partial charge is 0.303 e. The van der Waals surface area contributed by atoms with Gasteiger partial charge in [-0.1, -0.05) is 41.9 Å². The van der Waals surface area contributed by atoms with Crippen molar-refractivity contribution in [2.45, 2.75) is 48.9 Å². The minimum atomic E-state index is 0.787. The Morgan fingerprint density at radius 3 is 2.78 bits per heavy atom. The Morgan fingerprint density at radius 1 is 1.07 bits per heavy atom. The molecule has 140 valence electrons. The standard InChI is InChI=1S/C22H24ClN3S/c1-15-6-9-18-20-21(17-8-7-16(23)14-19(17)27-22(15)20)24-26(18)13-5-12-25-10-3-2-4-11-25/h6-9,14H,2-5,10-13H2,1H3. The van der Waals surface area contributed by atoms with E-state index in [1.807, 2.05) is 17.8 Å². The molecule has 1 aromatic heterocycles. The van der Waals surface area contributed by atoms with E-state index in [-0.39, 0.29) is 0 Å². The molecule has 5 rings (SSSR count). The van der Waals surface area contributed by atoms with Gasteiger partial charge in [0.15, 0.2) is 0 Å². The first kappa shape index (κ1) is 17.6. The van der Waals surface area contributed by atoms with E-state index >= 15 is 0 Å². The molecule has 3 heterocycles. The van der Waals surface area contributed by atoms with Crippen LogP contribution < -0.4 is 0 Å². The smallest absolute Gasteiger partial charge is 0.102 e. The quantitative estimate of drug-likeness (QED) is 0.421. The summed E-state index contributed by atoms with van der Waals surface area (Å²) in [4.78, 5) is 5.15. The predicted molar refractivity (Wildman–Crippen MR) is 114 cm³/mol. The lowest BCUT2D eigenvalue weighted by Crippen LogP contribution is -2.31. The molecule has 0 atom stereocenters. The van der Waals surface area contributed by atoms with Crippen molar-refractivity contribution in [3.05, 3.63) is 40.9 Å². The summed E-state index contributed by atoms with van der Waals surface area (Å²) in [5, 5.41) is 7.16. The molecule has 0 aliphatic carbocycles. The molecule has 0 bridgehead atoms. The first-order valence-corrected chi connectivity index (χ1v) is 11.1. The van der Waals surface area contributed by atoms with Crippen molar-refractivity contribution in [3.63, 3.8) is 0 Å². The second-order valence-corrected chi connectivity index (χ2v) is 9.16. The van der Waals surface area contributed by atoms with Crippen LogP contribution >= 0.6 is 23.4 Å². The van der Waals surface area contributed by atoms with Crippen LogP contribution in [-0.2, 0) is 6.54 Å². The summed E-state index contributed by atoms with van der Waals surface area (Å²) in [6.07, 6.45) is 5.26. The maximum Gasteiger partial charge on any atom is 0.102 e. The van der Waals surface area contributed by atoms with Gasteiger partial charge < -0.3 is 4.90 Å². The summed E-state index contributed by atoms with van der Waals surface area (Å²) in [5.74, 6) is 0. The Morgan fingerprint density at radius 2 is 1.93 bits per heavy atom. The molecule has 0 spiro atoms. The lowest BCUT2D eigenvalue weighted by Gasteiger charge is -2.26. The number of benzene rings is 2. The number of halogens is 1. The van der Waals surface area contributed by atoms with Gasteiger partial charge in [0.05, 0.1) is 5.52 Å². The third-order valence-corrected chi connectivity index (χ3v) is 7.29. The van der Waals surface area contributed by atoms with E-state index in [1.54, 1.807) is 0 Å². The van der Waals surface area contributed by atoms with Crippen molar-refractivity contribution in [1.82, 2.24) is 14.7 Å². The van der Waals surface area contributed by atoms with Gasteiger partial charge in [-0.2, -0.15) is 5.10 Å². The summed E-state index contributed by atoms with van der Waals surface area (Å²) < 4.78 is 2.22. The third kappa shape index (κ3) is 3.18. The van der Waals surface area contributed by atoms with Crippen LogP contribution in [0, 0.1) is 6.92 Å². The predicted octanol–water partition coefficient (Wildman–Crippen LogP) is 6.01. The van der Waals surface area contributed by atoms with Crippen LogP contribution in [0.15, 0.2) is 40.1 Å². The molecule has 27 heavy (non-hydrogen) atoms. The van der Waals surface area contributed by atoms with E-state index in [2.05, 4.69) is 40.8 Å². The zero-order chi connectivity index (χ0) is 18.4. The van der Waals surface area contributed by atoms with Crippen LogP contribution in [-0.4, -0.2) is 34.3 Å². The average molecular weight is 398 g/mol. The third-order valence-electron chi connectivity index (χ3n) is 5.77. The van der Waals surface area contributed by atoms with Crippen LogP contribution in [0.5, 0.6) is 0 Å². The molecule has 2 aliphatic rings. The highest BCUT2D eigenvalue weighted by molar-refractivity contribution is 7.99. The van der Waals surface area contributed by atoms with Gasteiger partial charge in [-0.25, -0.2) is 0 Å². The summed E-state index contributed by atoms with van der Waals surface area (Å²) >= 11 is 8.08. The molecule has 1 fully saturated rings. The summed E-state index contributed by atoms with van der Waals surface area (Å²) in [5.41, 5.74) is 4.90.